The molecule has 2 nitrogen and oxygen atoms in total. The lowest BCUT2D eigenvalue weighted by atomic mass is 9.99. The number of rotatable bonds is 6. The lowest BCUT2D eigenvalue weighted by Gasteiger charge is -2.31. The quantitative estimate of drug-likeness (QED) is 0.640. The summed E-state index contributed by atoms with van der Waals surface area (Å²) in [6.45, 7) is 15.3. The van der Waals surface area contributed by atoms with Crippen molar-refractivity contribution in [1.82, 2.24) is 4.90 Å². The second-order valence-electron chi connectivity index (χ2n) is 4.27. The standard InChI is InChI=1S/C11H24N2/c1-6-11(5,12)9-13(7-2)8-10(3)4/h3,6-9,12H2,1-2,4-5H3. The van der Waals surface area contributed by atoms with E-state index in [-0.39, 0.29) is 5.54 Å². The highest BCUT2D eigenvalue weighted by atomic mass is 15.1. The van der Waals surface area contributed by atoms with Gasteiger partial charge in [0.1, 0.15) is 0 Å². The van der Waals surface area contributed by atoms with Gasteiger partial charge in [0.05, 0.1) is 0 Å². The van der Waals surface area contributed by atoms with Crippen molar-refractivity contribution in [2.75, 3.05) is 19.6 Å². The fourth-order valence-electron chi connectivity index (χ4n) is 1.28. The van der Waals surface area contributed by atoms with E-state index in [0.29, 0.717) is 0 Å². The fraction of sp³-hybridized carbons (Fsp3) is 0.818. The second kappa shape index (κ2) is 5.40. The first-order chi connectivity index (χ1) is 5.91. The summed E-state index contributed by atoms with van der Waals surface area (Å²) < 4.78 is 0. The highest BCUT2D eigenvalue weighted by Crippen LogP contribution is 2.08. The van der Waals surface area contributed by atoms with E-state index in [4.69, 9.17) is 5.73 Å². The molecule has 0 aromatic heterocycles. The molecule has 1 unspecified atom stereocenters. The van der Waals surface area contributed by atoms with Crippen LogP contribution in [0.3, 0.4) is 0 Å². The Morgan fingerprint density at radius 2 is 2.00 bits per heavy atom. The highest BCUT2D eigenvalue weighted by Gasteiger charge is 2.18. The Morgan fingerprint density at radius 3 is 2.31 bits per heavy atom. The first-order valence-electron chi connectivity index (χ1n) is 5.07. The molecular formula is C11H24N2. The van der Waals surface area contributed by atoms with E-state index in [0.717, 1.165) is 26.1 Å². The van der Waals surface area contributed by atoms with E-state index >= 15 is 0 Å². The van der Waals surface area contributed by atoms with E-state index in [1.54, 1.807) is 0 Å². The lowest BCUT2D eigenvalue weighted by molar-refractivity contribution is 0.238. The molecule has 0 saturated carbocycles. The minimum atomic E-state index is -0.0640. The lowest BCUT2D eigenvalue weighted by Crippen LogP contribution is -2.47. The number of hydrogen-bond donors (Lipinski definition) is 1. The summed E-state index contributed by atoms with van der Waals surface area (Å²) in [4.78, 5) is 2.34. The minimum absolute atomic E-state index is 0.0640. The average molecular weight is 184 g/mol. The van der Waals surface area contributed by atoms with Crippen molar-refractivity contribution >= 4 is 0 Å². The van der Waals surface area contributed by atoms with Crippen LogP contribution in [0.25, 0.3) is 0 Å². The third-order valence-electron chi connectivity index (χ3n) is 2.33. The predicted molar refractivity (Wildman–Crippen MR) is 59.8 cm³/mol. The molecule has 0 aromatic carbocycles. The smallest absolute Gasteiger partial charge is 0.0252 e. The summed E-state index contributed by atoms with van der Waals surface area (Å²) in [5.74, 6) is 0. The van der Waals surface area contributed by atoms with Crippen LogP contribution in [0.4, 0.5) is 0 Å². The molecule has 13 heavy (non-hydrogen) atoms. The molecule has 0 aliphatic heterocycles. The summed E-state index contributed by atoms with van der Waals surface area (Å²) in [5, 5.41) is 0. The summed E-state index contributed by atoms with van der Waals surface area (Å²) in [6, 6.07) is 0. The maximum absolute atomic E-state index is 6.10. The topological polar surface area (TPSA) is 29.3 Å². The molecule has 1 atom stereocenters. The van der Waals surface area contributed by atoms with Crippen molar-refractivity contribution < 1.29 is 0 Å². The van der Waals surface area contributed by atoms with Crippen LogP contribution in [0.5, 0.6) is 0 Å². The molecule has 0 radical (unpaired) electrons. The Labute approximate surface area is 82.8 Å². The van der Waals surface area contributed by atoms with Crippen LogP contribution in [0.15, 0.2) is 12.2 Å². The molecule has 0 saturated heterocycles. The number of likely N-dealkylation sites (N-methyl/N-ethyl adjacent to an activating group) is 1. The Hall–Kier alpha value is -0.340. The average Bonchev–Trinajstić information content (AvgIpc) is 2.02. The van der Waals surface area contributed by atoms with Crippen molar-refractivity contribution in [2.45, 2.75) is 39.7 Å². The summed E-state index contributed by atoms with van der Waals surface area (Å²) in [5.41, 5.74) is 7.24. The first-order valence-corrected chi connectivity index (χ1v) is 5.07. The monoisotopic (exact) mass is 184 g/mol. The van der Waals surface area contributed by atoms with Crippen molar-refractivity contribution in [3.05, 3.63) is 12.2 Å². The molecule has 0 aromatic rings. The van der Waals surface area contributed by atoms with Crippen LogP contribution in [-0.2, 0) is 0 Å². The van der Waals surface area contributed by atoms with Crippen LogP contribution >= 0.6 is 0 Å². The van der Waals surface area contributed by atoms with Gasteiger partial charge in [0.15, 0.2) is 0 Å². The maximum Gasteiger partial charge on any atom is 0.0252 e. The number of nitrogens with two attached hydrogens (primary N) is 1. The van der Waals surface area contributed by atoms with Crippen LogP contribution < -0.4 is 5.73 Å². The zero-order valence-electron chi connectivity index (χ0n) is 9.56. The summed E-state index contributed by atoms with van der Waals surface area (Å²) in [7, 11) is 0. The molecule has 2 heteroatoms. The van der Waals surface area contributed by atoms with Gasteiger partial charge in [-0.15, -0.1) is 0 Å². The summed E-state index contributed by atoms with van der Waals surface area (Å²) in [6.07, 6.45) is 1.01. The molecule has 78 valence electrons. The molecule has 0 heterocycles. The Bertz CT molecular complexity index is 161. The van der Waals surface area contributed by atoms with Gasteiger partial charge in [-0.1, -0.05) is 26.0 Å². The molecule has 0 spiro atoms. The zero-order chi connectivity index (χ0) is 10.5. The van der Waals surface area contributed by atoms with Gasteiger partial charge < -0.3 is 5.73 Å². The highest BCUT2D eigenvalue weighted by molar-refractivity contribution is 4.93. The molecule has 2 N–H and O–H groups in total. The van der Waals surface area contributed by atoms with E-state index in [1.165, 1.54) is 5.57 Å². The van der Waals surface area contributed by atoms with Crippen molar-refractivity contribution in [3.63, 3.8) is 0 Å². The number of nitrogens with zero attached hydrogens (tertiary/aromatic N) is 1. The van der Waals surface area contributed by atoms with Gasteiger partial charge in [0.2, 0.25) is 0 Å². The molecular weight excluding hydrogens is 160 g/mol. The molecule has 0 bridgehead atoms. The SMILES string of the molecule is C=C(C)CN(CC)CC(C)(N)CC. The van der Waals surface area contributed by atoms with Gasteiger partial charge in [-0.05, 0) is 26.8 Å². The third kappa shape index (κ3) is 5.83. The van der Waals surface area contributed by atoms with Crippen LogP contribution in [-0.4, -0.2) is 30.1 Å². The van der Waals surface area contributed by atoms with Gasteiger partial charge in [-0.2, -0.15) is 0 Å². The second-order valence-corrected chi connectivity index (χ2v) is 4.27. The van der Waals surface area contributed by atoms with Gasteiger partial charge in [0.25, 0.3) is 0 Å². The Balaban J connectivity index is 4.04. The molecule has 0 aliphatic rings. The van der Waals surface area contributed by atoms with Gasteiger partial charge in [-0.25, -0.2) is 0 Å². The summed E-state index contributed by atoms with van der Waals surface area (Å²) >= 11 is 0. The molecule has 0 fully saturated rings. The van der Waals surface area contributed by atoms with E-state index in [2.05, 4.69) is 39.2 Å². The van der Waals surface area contributed by atoms with Crippen LogP contribution in [0, 0.1) is 0 Å². The largest absolute Gasteiger partial charge is 0.324 e. The van der Waals surface area contributed by atoms with Gasteiger partial charge in [-0.3, -0.25) is 4.90 Å². The molecule has 0 rings (SSSR count). The molecule has 0 aliphatic carbocycles. The van der Waals surface area contributed by atoms with Crippen LogP contribution in [0.2, 0.25) is 0 Å². The third-order valence-corrected chi connectivity index (χ3v) is 2.33. The van der Waals surface area contributed by atoms with Crippen LogP contribution in [0.1, 0.15) is 34.1 Å². The predicted octanol–water partition coefficient (Wildman–Crippen LogP) is 2.01. The Kier molecular flexibility index (Phi) is 5.26. The van der Waals surface area contributed by atoms with Crippen molar-refractivity contribution in [2.24, 2.45) is 5.73 Å². The fourth-order valence-corrected chi connectivity index (χ4v) is 1.28. The van der Waals surface area contributed by atoms with Gasteiger partial charge >= 0.3 is 0 Å². The first kappa shape index (κ1) is 12.7. The normalized spacial score (nSPS) is 15.8. The Morgan fingerprint density at radius 1 is 1.46 bits per heavy atom. The van der Waals surface area contributed by atoms with E-state index in [1.807, 2.05) is 0 Å². The number of hydrogen-bond acceptors (Lipinski definition) is 2. The van der Waals surface area contributed by atoms with E-state index < -0.39 is 0 Å². The zero-order valence-corrected chi connectivity index (χ0v) is 9.56. The van der Waals surface area contributed by atoms with E-state index in [9.17, 15) is 0 Å². The van der Waals surface area contributed by atoms with Gasteiger partial charge in [0, 0.05) is 18.6 Å². The van der Waals surface area contributed by atoms with Crippen molar-refractivity contribution in [1.29, 1.82) is 0 Å². The molecule has 0 amide bonds. The van der Waals surface area contributed by atoms with Crippen molar-refractivity contribution in [3.8, 4) is 0 Å². The minimum Gasteiger partial charge on any atom is -0.324 e. The maximum atomic E-state index is 6.10.